The predicted octanol–water partition coefficient (Wildman–Crippen LogP) is 3.03. The zero-order valence-corrected chi connectivity index (χ0v) is 15.6. The molecule has 1 atom stereocenters. The van der Waals surface area contributed by atoms with Gasteiger partial charge in [0.1, 0.15) is 5.75 Å². The van der Waals surface area contributed by atoms with Crippen LogP contribution in [-0.2, 0) is 9.53 Å². The van der Waals surface area contributed by atoms with Crippen LogP contribution in [0.25, 0.3) is 10.9 Å². The van der Waals surface area contributed by atoms with E-state index >= 15 is 0 Å². The number of pyridine rings is 1. The van der Waals surface area contributed by atoms with Crippen molar-refractivity contribution >= 4 is 16.9 Å². The zero-order valence-electron chi connectivity index (χ0n) is 15.6. The number of phenolic OH excluding ortho intramolecular Hbond substituents is 1. The number of hydrogen-bond donors (Lipinski definition) is 3. The fourth-order valence-corrected chi connectivity index (χ4v) is 3.25. The number of nitrogens with one attached hydrogen (secondary N) is 1. The molecular formula is C21H21NO6. The summed E-state index contributed by atoms with van der Waals surface area (Å²) in [6.45, 7) is 1.89. The summed E-state index contributed by atoms with van der Waals surface area (Å²) in [5.41, 5.74) is 0.572. The largest absolute Gasteiger partial charge is 0.507 e. The highest BCUT2D eigenvalue weighted by molar-refractivity contribution is 5.86. The Morgan fingerprint density at radius 3 is 2.64 bits per heavy atom. The number of benzene rings is 2. The SMILES string of the molecule is CCOC(=O)C[C@@H](c1ccc(O)c(OC)c1)c1c(O)c2ccccc2[nH]c1=O. The Morgan fingerprint density at radius 1 is 1.18 bits per heavy atom. The molecule has 1 aromatic heterocycles. The van der Waals surface area contributed by atoms with Gasteiger partial charge < -0.3 is 24.7 Å². The number of ether oxygens (including phenoxy) is 2. The molecule has 0 amide bonds. The number of rotatable bonds is 6. The molecule has 1 heterocycles. The standard InChI is InChI=1S/C21H21NO6/c1-3-28-18(24)11-14(12-8-9-16(23)17(10-12)27-2)19-20(25)13-6-4-5-7-15(13)22-21(19)26/h4-10,14,23H,3,11H2,1-2H3,(H2,22,25,26)/t14-/m0/s1. The van der Waals surface area contributed by atoms with Crippen LogP contribution >= 0.6 is 0 Å². The molecule has 28 heavy (non-hydrogen) atoms. The Balaban J connectivity index is 2.21. The van der Waals surface area contributed by atoms with E-state index in [0.29, 0.717) is 16.5 Å². The van der Waals surface area contributed by atoms with E-state index < -0.39 is 17.4 Å². The molecule has 0 spiro atoms. The fourth-order valence-electron chi connectivity index (χ4n) is 3.25. The summed E-state index contributed by atoms with van der Waals surface area (Å²) >= 11 is 0. The topological polar surface area (TPSA) is 109 Å². The number of carbonyl (C=O) groups excluding carboxylic acids is 1. The van der Waals surface area contributed by atoms with Crippen LogP contribution in [0.5, 0.6) is 17.2 Å². The highest BCUT2D eigenvalue weighted by Crippen LogP contribution is 2.38. The Labute approximate surface area is 161 Å². The summed E-state index contributed by atoms with van der Waals surface area (Å²) in [6, 6.07) is 11.4. The first-order chi connectivity index (χ1) is 13.5. The zero-order chi connectivity index (χ0) is 20.3. The maximum absolute atomic E-state index is 12.8. The smallest absolute Gasteiger partial charge is 0.306 e. The van der Waals surface area contributed by atoms with E-state index in [1.165, 1.54) is 19.2 Å². The average molecular weight is 383 g/mol. The number of methoxy groups -OCH3 is 1. The van der Waals surface area contributed by atoms with E-state index in [1.54, 1.807) is 37.3 Å². The van der Waals surface area contributed by atoms with Crippen molar-refractivity contribution in [1.29, 1.82) is 0 Å². The minimum atomic E-state index is -0.790. The number of aromatic amines is 1. The molecule has 2 aromatic carbocycles. The van der Waals surface area contributed by atoms with Gasteiger partial charge in [0.15, 0.2) is 11.5 Å². The lowest BCUT2D eigenvalue weighted by molar-refractivity contribution is -0.143. The van der Waals surface area contributed by atoms with Gasteiger partial charge in [-0.1, -0.05) is 18.2 Å². The number of aromatic nitrogens is 1. The predicted molar refractivity (Wildman–Crippen MR) is 104 cm³/mol. The number of para-hydroxylation sites is 1. The van der Waals surface area contributed by atoms with Crippen molar-refractivity contribution in [2.45, 2.75) is 19.3 Å². The minimum absolute atomic E-state index is 0.0551. The van der Waals surface area contributed by atoms with Crippen molar-refractivity contribution in [1.82, 2.24) is 4.98 Å². The summed E-state index contributed by atoms with van der Waals surface area (Å²) in [5.74, 6) is -1.37. The number of carbonyl (C=O) groups is 1. The van der Waals surface area contributed by atoms with E-state index in [0.717, 1.165) is 0 Å². The number of fused-ring (bicyclic) bond motifs is 1. The third-order valence-electron chi connectivity index (χ3n) is 4.56. The molecule has 7 nitrogen and oxygen atoms in total. The number of esters is 1. The summed E-state index contributed by atoms with van der Waals surface area (Å²) < 4.78 is 10.2. The molecule has 3 rings (SSSR count). The lowest BCUT2D eigenvalue weighted by Crippen LogP contribution is -2.21. The van der Waals surface area contributed by atoms with Crippen molar-refractivity contribution in [3.05, 3.63) is 63.9 Å². The quantitative estimate of drug-likeness (QED) is 0.565. The number of hydrogen-bond acceptors (Lipinski definition) is 6. The molecular weight excluding hydrogens is 362 g/mol. The molecule has 0 saturated carbocycles. The van der Waals surface area contributed by atoms with Crippen LogP contribution in [0.4, 0.5) is 0 Å². The van der Waals surface area contributed by atoms with Gasteiger partial charge in [-0.25, -0.2) is 0 Å². The minimum Gasteiger partial charge on any atom is -0.507 e. The van der Waals surface area contributed by atoms with Crippen molar-refractivity contribution in [3.8, 4) is 17.2 Å². The van der Waals surface area contributed by atoms with E-state index in [2.05, 4.69) is 4.98 Å². The van der Waals surface area contributed by atoms with E-state index in [4.69, 9.17) is 9.47 Å². The number of H-pyrrole nitrogens is 1. The average Bonchev–Trinajstić information content (AvgIpc) is 2.68. The Bertz CT molecular complexity index is 1070. The van der Waals surface area contributed by atoms with Crippen LogP contribution in [-0.4, -0.2) is 34.9 Å². The van der Waals surface area contributed by atoms with Gasteiger partial charge in [0.25, 0.3) is 5.56 Å². The fraction of sp³-hybridized carbons (Fsp3) is 0.238. The van der Waals surface area contributed by atoms with Crippen LogP contribution in [0.2, 0.25) is 0 Å². The molecule has 3 aromatic rings. The van der Waals surface area contributed by atoms with Crippen LogP contribution in [0.1, 0.15) is 30.4 Å². The van der Waals surface area contributed by atoms with Crippen LogP contribution < -0.4 is 10.3 Å². The van der Waals surface area contributed by atoms with E-state index in [9.17, 15) is 19.8 Å². The molecule has 0 fully saturated rings. The first kappa shape index (κ1) is 19.3. The van der Waals surface area contributed by atoms with Gasteiger partial charge in [0, 0.05) is 11.3 Å². The van der Waals surface area contributed by atoms with Crippen molar-refractivity contribution in [2.75, 3.05) is 13.7 Å². The first-order valence-electron chi connectivity index (χ1n) is 8.82. The van der Waals surface area contributed by atoms with Crippen molar-refractivity contribution in [2.24, 2.45) is 0 Å². The van der Waals surface area contributed by atoms with E-state index in [1.807, 2.05) is 0 Å². The second kappa shape index (κ2) is 8.04. The van der Waals surface area contributed by atoms with Crippen LogP contribution in [0.15, 0.2) is 47.3 Å². The Hall–Kier alpha value is -3.48. The van der Waals surface area contributed by atoms with Gasteiger partial charge in [-0.2, -0.15) is 0 Å². The molecule has 7 heteroatoms. The molecule has 0 saturated heterocycles. The molecule has 146 valence electrons. The molecule has 0 aliphatic rings. The monoisotopic (exact) mass is 383 g/mol. The Morgan fingerprint density at radius 2 is 1.93 bits per heavy atom. The van der Waals surface area contributed by atoms with Gasteiger partial charge in [0.2, 0.25) is 0 Å². The molecule has 0 unspecified atom stereocenters. The van der Waals surface area contributed by atoms with Gasteiger partial charge in [0.05, 0.1) is 31.2 Å². The molecule has 3 N–H and O–H groups in total. The van der Waals surface area contributed by atoms with E-state index in [-0.39, 0.29) is 35.8 Å². The van der Waals surface area contributed by atoms with Crippen LogP contribution in [0.3, 0.4) is 0 Å². The second-order valence-electron chi connectivity index (χ2n) is 6.26. The van der Waals surface area contributed by atoms with Gasteiger partial charge in [-0.05, 0) is 36.8 Å². The molecule has 0 radical (unpaired) electrons. The molecule has 0 bridgehead atoms. The molecule has 0 aliphatic heterocycles. The summed E-state index contributed by atoms with van der Waals surface area (Å²) in [4.78, 5) is 27.7. The maximum Gasteiger partial charge on any atom is 0.306 e. The van der Waals surface area contributed by atoms with Gasteiger partial charge >= 0.3 is 5.97 Å². The third-order valence-corrected chi connectivity index (χ3v) is 4.56. The summed E-state index contributed by atoms with van der Waals surface area (Å²) in [5, 5.41) is 21.2. The third kappa shape index (κ3) is 3.64. The van der Waals surface area contributed by atoms with Crippen molar-refractivity contribution in [3.63, 3.8) is 0 Å². The summed E-state index contributed by atoms with van der Waals surface area (Å²) in [6.07, 6.45) is -0.156. The summed E-state index contributed by atoms with van der Waals surface area (Å²) in [7, 11) is 1.40. The highest BCUT2D eigenvalue weighted by Gasteiger charge is 2.27. The normalized spacial score (nSPS) is 11.9. The number of phenols is 1. The lowest BCUT2D eigenvalue weighted by Gasteiger charge is -2.19. The van der Waals surface area contributed by atoms with Gasteiger partial charge in [-0.15, -0.1) is 0 Å². The Kier molecular flexibility index (Phi) is 5.54. The second-order valence-corrected chi connectivity index (χ2v) is 6.26. The highest BCUT2D eigenvalue weighted by atomic mass is 16.5. The van der Waals surface area contributed by atoms with Crippen molar-refractivity contribution < 1.29 is 24.5 Å². The van der Waals surface area contributed by atoms with Gasteiger partial charge in [-0.3, -0.25) is 9.59 Å². The van der Waals surface area contributed by atoms with Crippen LogP contribution in [0, 0.1) is 0 Å². The molecule has 0 aliphatic carbocycles. The first-order valence-corrected chi connectivity index (χ1v) is 8.82. The lowest BCUT2D eigenvalue weighted by atomic mass is 9.87. The maximum atomic E-state index is 12.8. The number of aromatic hydroxyl groups is 2.